The van der Waals surface area contributed by atoms with Crippen molar-refractivity contribution >= 4 is 0 Å². The number of aromatic hydroxyl groups is 1. The highest BCUT2D eigenvalue weighted by Crippen LogP contribution is 2.39. The summed E-state index contributed by atoms with van der Waals surface area (Å²) in [5.74, 6) is 2.07. The summed E-state index contributed by atoms with van der Waals surface area (Å²) in [6, 6.07) is 3.37. The largest absolute Gasteiger partial charge is 0.506 e. The minimum atomic E-state index is -0.125. The van der Waals surface area contributed by atoms with Crippen LogP contribution in [0, 0.1) is 6.92 Å². The molecule has 1 N–H and O–H groups in total. The van der Waals surface area contributed by atoms with Gasteiger partial charge in [-0.05, 0) is 38.8 Å². The first-order valence-electron chi connectivity index (χ1n) is 8.46. The van der Waals surface area contributed by atoms with Crippen LogP contribution >= 0.6 is 0 Å². The molecule has 128 valence electrons. The summed E-state index contributed by atoms with van der Waals surface area (Å²) in [4.78, 5) is 11.3. The Morgan fingerprint density at radius 2 is 2.12 bits per heavy atom. The summed E-state index contributed by atoms with van der Waals surface area (Å²) in [5.41, 5.74) is 1.55. The van der Waals surface area contributed by atoms with Crippen molar-refractivity contribution in [1.29, 1.82) is 0 Å². The van der Waals surface area contributed by atoms with Gasteiger partial charge >= 0.3 is 0 Å². The quantitative estimate of drug-likeness (QED) is 0.921. The van der Waals surface area contributed by atoms with E-state index in [2.05, 4.69) is 20.0 Å². The molecule has 0 unspecified atom stereocenters. The van der Waals surface area contributed by atoms with E-state index < -0.39 is 0 Å². The highest BCUT2D eigenvalue weighted by molar-refractivity contribution is 5.27. The molecule has 1 saturated carbocycles. The molecular weight excluding hydrogens is 308 g/mol. The molecule has 1 saturated heterocycles. The van der Waals surface area contributed by atoms with Crippen LogP contribution in [-0.4, -0.2) is 44.4 Å². The zero-order chi connectivity index (χ0) is 16.7. The van der Waals surface area contributed by atoms with Gasteiger partial charge in [0.2, 0.25) is 5.89 Å². The molecule has 4 rings (SSSR count). The maximum atomic E-state index is 10.1. The lowest BCUT2D eigenvalue weighted by molar-refractivity contribution is -0.0768. The van der Waals surface area contributed by atoms with Gasteiger partial charge in [-0.3, -0.25) is 9.88 Å². The van der Waals surface area contributed by atoms with Crippen molar-refractivity contribution in [2.24, 2.45) is 0 Å². The molecule has 24 heavy (non-hydrogen) atoms. The van der Waals surface area contributed by atoms with E-state index in [0.29, 0.717) is 30.7 Å². The minimum Gasteiger partial charge on any atom is -0.506 e. The molecule has 0 bridgehead atoms. The fourth-order valence-electron chi connectivity index (χ4n) is 3.20. The molecule has 7 heteroatoms. The molecule has 2 aromatic heterocycles. The van der Waals surface area contributed by atoms with Crippen LogP contribution in [0.2, 0.25) is 0 Å². The predicted octanol–water partition coefficient (Wildman–Crippen LogP) is 2.32. The SMILES string of the molecule is Cc1ccc(O)c(CN2CCO[C@H](C)[C@H]2c2nc(C3CC3)no2)n1. The smallest absolute Gasteiger partial charge is 0.246 e. The lowest BCUT2D eigenvalue weighted by atomic mass is 10.1. The number of rotatable bonds is 4. The van der Waals surface area contributed by atoms with Crippen LogP contribution in [0.5, 0.6) is 5.75 Å². The summed E-state index contributed by atoms with van der Waals surface area (Å²) < 4.78 is 11.3. The van der Waals surface area contributed by atoms with Gasteiger partial charge in [0, 0.05) is 24.7 Å². The molecule has 1 aliphatic carbocycles. The van der Waals surface area contributed by atoms with E-state index in [-0.39, 0.29) is 17.9 Å². The Balaban J connectivity index is 1.60. The maximum absolute atomic E-state index is 10.1. The number of morpholine rings is 1. The van der Waals surface area contributed by atoms with Gasteiger partial charge in [-0.25, -0.2) is 0 Å². The van der Waals surface area contributed by atoms with E-state index in [9.17, 15) is 5.11 Å². The van der Waals surface area contributed by atoms with Crippen molar-refractivity contribution in [3.63, 3.8) is 0 Å². The molecule has 2 aliphatic rings. The molecule has 2 atom stereocenters. The summed E-state index contributed by atoms with van der Waals surface area (Å²) >= 11 is 0. The Labute approximate surface area is 140 Å². The molecular formula is C17H22N4O3. The number of aryl methyl sites for hydroxylation is 1. The summed E-state index contributed by atoms with van der Waals surface area (Å²) in [5, 5.41) is 14.2. The molecule has 2 aromatic rings. The zero-order valence-corrected chi connectivity index (χ0v) is 14.0. The number of hydrogen-bond acceptors (Lipinski definition) is 7. The van der Waals surface area contributed by atoms with E-state index in [1.807, 2.05) is 13.8 Å². The van der Waals surface area contributed by atoms with Crippen molar-refractivity contribution in [1.82, 2.24) is 20.0 Å². The van der Waals surface area contributed by atoms with Crippen molar-refractivity contribution in [3.8, 4) is 5.75 Å². The normalized spacial score (nSPS) is 25.1. The van der Waals surface area contributed by atoms with E-state index in [4.69, 9.17) is 9.26 Å². The van der Waals surface area contributed by atoms with E-state index in [0.717, 1.165) is 30.9 Å². The first kappa shape index (κ1) is 15.5. The highest BCUT2D eigenvalue weighted by Gasteiger charge is 2.37. The predicted molar refractivity (Wildman–Crippen MR) is 85.5 cm³/mol. The topological polar surface area (TPSA) is 84.5 Å². The van der Waals surface area contributed by atoms with Crippen LogP contribution in [0.1, 0.15) is 54.8 Å². The van der Waals surface area contributed by atoms with E-state index >= 15 is 0 Å². The molecule has 2 fully saturated rings. The van der Waals surface area contributed by atoms with Gasteiger partial charge in [-0.1, -0.05) is 5.16 Å². The van der Waals surface area contributed by atoms with Gasteiger partial charge in [0.05, 0.1) is 18.4 Å². The molecule has 1 aliphatic heterocycles. The monoisotopic (exact) mass is 330 g/mol. The van der Waals surface area contributed by atoms with Gasteiger partial charge < -0.3 is 14.4 Å². The van der Waals surface area contributed by atoms with E-state index in [1.165, 1.54) is 0 Å². The standard InChI is InChI=1S/C17H22N4O3/c1-10-3-6-14(22)13(18-10)9-21-7-8-23-11(2)15(21)17-19-16(20-24-17)12-4-5-12/h3,6,11-12,15,22H,4-5,7-9H2,1-2H3/t11-,15+/m1/s1. The van der Waals surface area contributed by atoms with E-state index in [1.54, 1.807) is 12.1 Å². The van der Waals surface area contributed by atoms with Crippen LogP contribution < -0.4 is 0 Å². The lowest BCUT2D eigenvalue weighted by Gasteiger charge is -2.37. The third kappa shape index (κ3) is 3.01. The van der Waals surface area contributed by atoms with Crippen LogP contribution in [0.3, 0.4) is 0 Å². The van der Waals surface area contributed by atoms with Crippen LogP contribution in [0.15, 0.2) is 16.7 Å². The third-order valence-electron chi connectivity index (χ3n) is 4.69. The second-order valence-electron chi connectivity index (χ2n) is 6.67. The molecule has 3 heterocycles. The summed E-state index contributed by atoms with van der Waals surface area (Å²) in [6.45, 7) is 5.82. The average molecular weight is 330 g/mol. The van der Waals surface area contributed by atoms with Gasteiger partial charge in [0.1, 0.15) is 11.8 Å². The Hall–Kier alpha value is -1.99. The lowest BCUT2D eigenvalue weighted by Crippen LogP contribution is -2.44. The van der Waals surface area contributed by atoms with Crippen LogP contribution in [0.4, 0.5) is 0 Å². The molecule has 0 radical (unpaired) electrons. The van der Waals surface area contributed by atoms with Crippen molar-refractivity contribution < 1.29 is 14.4 Å². The number of pyridine rings is 1. The van der Waals surface area contributed by atoms with Crippen LogP contribution in [-0.2, 0) is 11.3 Å². The van der Waals surface area contributed by atoms with Gasteiger partial charge in [-0.2, -0.15) is 4.98 Å². The number of hydrogen-bond donors (Lipinski definition) is 1. The number of ether oxygens (including phenoxy) is 1. The number of aromatic nitrogens is 3. The third-order valence-corrected chi connectivity index (χ3v) is 4.69. The molecule has 7 nitrogen and oxygen atoms in total. The van der Waals surface area contributed by atoms with Crippen molar-refractivity contribution in [2.75, 3.05) is 13.2 Å². The van der Waals surface area contributed by atoms with Crippen LogP contribution in [0.25, 0.3) is 0 Å². The molecule has 0 spiro atoms. The van der Waals surface area contributed by atoms with Crippen molar-refractivity contribution in [2.45, 2.75) is 51.3 Å². The van der Waals surface area contributed by atoms with Crippen molar-refractivity contribution in [3.05, 3.63) is 35.2 Å². The summed E-state index contributed by atoms with van der Waals surface area (Å²) in [7, 11) is 0. The first-order valence-corrected chi connectivity index (χ1v) is 8.46. The fraction of sp³-hybridized carbons (Fsp3) is 0.588. The first-order chi connectivity index (χ1) is 11.6. The maximum Gasteiger partial charge on any atom is 0.246 e. The Kier molecular flexibility index (Phi) is 3.97. The summed E-state index contributed by atoms with van der Waals surface area (Å²) in [6.07, 6.45) is 2.22. The Bertz CT molecular complexity index is 728. The fourth-order valence-corrected chi connectivity index (χ4v) is 3.20. The Morgan fingerprint density at radius 3 is 2.92 bits per heavy atom. The van der Waals surface area contributed by atoms with Gasteiger partial charge in [0.25, 0.3) is 0 Å². The zero-order valence-electron chi connectivity index (χ0n) is 14.0. The average Bonchev–Trinajstić information content (AvgIpc) is 3.30. The molecule has 0 aromatic carbocycles. The number of nitrogens with zero attached hydrogens (tertiary/aromatic N) is 4. The second-order valence-corrected chi connectivity index (χ2v) is 6.67. The minimum absolute atomic E-state index is 0.0572. The van der Waals surface area contributed by atoms with Gasteiger partial charge in [0.15, 0.2) is 5.82 Å². The Morgan fingerprint density at radius 1 is 1.29 bits per heavy atom. The van der Waals surface area contributed by atoms with Gasteiger partial charge in [-0.15, -0.1) is 0 Å². The highest BCUT2D eigenvalue weighted by atomic mass is 16.5. The second kappa shape index (κ2) is 6.14. The molecule has 0 amide bonds.